The molecule has 1 atom stereocenters. The number of nitrogens with zero attached hydrogens (tertiary/aromatic N) is 2. The van der Waals surface area contributed by atoms with Gasteiger partial charge in [-0.25, -0.2) is 5.43 Å². The zero-order valence-electron chi connectivity index (χ0n) is 9.88. The van der Waals surface area contributed by atoms with Crippen molar-refractivity contribution in [2.45, 2.75) is 6.04 Å². The standard InChI is InChI=1S/C13H11BrN4S/c14-9-4-7-19-13(9)12(18-15)8-2-1-3-10-11(8)17-6-5-16-10/h1-7,12,18H,15H2. The number of para-hydroxylation sites is 1. The topological polar surface area (TPSA) is 63.8 Å². The van der Waals surface area contributed by atoms with Gasteiger partial charge in [0.05, 0.1) is 17.1 Å². The van der Waals surface area contributed by atoms with E-state index in [1.165, 1.54) is 0 Å². The van der Waals surface area contributed by atoms with E-state index in [1.807, 2.05) is 29.6 Å². The number of halogens is 1. The van der Waals surface area contributed by atoms with Gasteiger partial charge in [0.25, 0.3) is 0 Å². The molecule has 0 fully saturated rings. The Morgan fingerprint density at radius 3 is 2.79 bits per heavy atom. The minimum Gasteiger partial charge on any atom is -0.271 e. The maximum Gasteiger partial charge on any atom is 0.0938 e. The van der Waals surface area contributed by atoms with Gasteiger partial charge < -0.3 is 0 Å². The van der Waals surface area contributed by atoms with Crippen LogP contribution in [0.4, 0.5) is 0 Å². The average Bonchev–Trinajstić information content (AvgIpc) is 2.86. The van der Waals surface area contributed by atoms with Crippen molar-refractivity contribution in [3.8, 4) is 0 Å². The quantitative estimate of drug-likeness (QED) is 0.570. The van der Waals surface area contributed by atoms with Crippen LogP contribution in [-0.4, -0.2) is 9.97 Å². The van der Waals surface area contributed by atoms with Gasteiger partial charge in [0.1, 0.15) is 0 Å². The van der Waals surface area contributed by atoms with Crippen LogP contribution in [0.2, 0.25) is 0 Å². The number of hydrogen-bond acceptors (Lipinski definition) is 5. The predicted molar refractivity (Wildman–Crippen MR) is 80.7 cm³/mol. The maximum absolute atomic E-state index is 5.74. The summed E-state index contributed by atoms with van der Waals surface area (Å²) in [6.45, 7) is 0. The van der Waals surface area contributed by atoms with Crippen LogP contribution in [0, 0.1) is 0 Å². The number of aromatic nitrogens is 2. The summed E-state index contributed by atoms with van der Waals surface area (Å²) in [5, 5.41) is 2.03. The van der Waals surface area contributed by atoms with E-state index in [0.717, 1.165) is 25.9 Å². The lowest BCUT2D eigenvalue weighted by molar-refractivity contribution is 0.647. The minimum atomic E-state index is -0.102. The van der Waals surface area contributed by atoms with Crippen LogP contribution >= 0.6 is 27.3 Å². The number of benzene rings is 1. The van der Waals surface area contributed by atoms with Crippen LogP contribution in [0.3, 0.4) is 0 Å². The summed E-state index contributed by atoms with van der Waals surface area (Å²) in [6.07, 6.45) is 3.39. The molecule has 0 spiro atoms. The van der Waals surface area contributed by atoms with Crippen molar-refractivity contribution in [3.05, 3.63) is 57.0 Å². The van der Waals surface area contributed by atoms with Crippen LogP contribution in [-0.2, 0) is 0 Å². The van der Waals surface area contributed by atoms with Gasteiger partial charge in [-0.05, 0) is 33.4 Å². The highest BCUT2D eigenvalue weighted by molar-refractivity contribution is 9.10. The lowest BCUT2D eigenvalue weighted by atomic mass is 10.0. The molecule has 0 amide bonds. The third kappa shape index (κ3) is 2.28. The molecule has 1 aromatic carbocycles. The second-order valence-electron chi connectivity index (χ2n) is 4.00. The monoisotopic (exact) mass is 334 g/mol. The van der Waals surface area contributed by atoms with Crippen LogP contribution in [0.25, 0.3) is 11.0 Å². The molecule has 0 saturated heterocycles. The Balaban J connectivity index is 2.20. The molecule has 0 aliphatic carbocycles. The van der Waals surface area contributed by atoms with Crippen molar-refractivity contribution in [1.82, 2.24) is 15.4 Å². The molecule has 96 valence electrons. The van der Waals surface area contributed by atoms with Crippen molar-refractivity contribution >= 4 is 38.3 Å². The number of fused-ring (bicyclic) bond motifs is 1. The second-order valence-corrected chi connectivity index (χ2v) is 5.81. The van der Waals surface area contributed by atoms with Crippen molar-refractivity contribution in [2.75, 3.05) is 0 Å². The molecule has 2 heterocycles. The first-order chi connectivity index (χ1) is 9.31. The van der Waals surface area contributed by atoms with E-state index in [0.29, 0.717) is 0 Å². The molecular formula is C13H11BrN4S. The van der Waals surface area contributed by atoms with Gasteiger partial charge in [-0.1, -0.05) is 12.1 Å². The van der Waals surface area contributed by atoms with Gasteiger partial charge >= 0.3 is 0 Å². The molecule has 6 heteroatoms. The first-order valence-corrected chi connectivity index (χ1v) is 7.37. The van der Waals surface area contributed by atoms with Crippen LogP contribution in [0.5, 0.6) is 0 Å². The van der Waals surface area contributed by atoms with Crippen LogP contribution in [0.15, 0.2) is 46.5 Å². The molecule has 0 saturated carbocycles. The van der Waals surface area contributed by atoms with Gasteiger partial charge in [0.2, 0.25) is 0 Å². The first kappa shape index (κ1) is 12.7. The van der Waals surface area contributed by atoms with Gasteiger partial charge in [-0.15, -0.1) is 11.3 Å². The molecule has 1 unspecified atom stereocenters. The molecule has 4 nitrogen and oxygen atoms in total. The summed E-state index contributed by atoms with van der Waals surface area (Å²) in [5.74, 6) is 5.74. The highest BCUT2D eigenvalue weighted by Gasteiger charge is 2.19. The zero-order chi connectivity index (χ0) is 13.2. The number of hydrazine groups is 1. The summed E-state index contributed by atoms with van der Waals surface area (Å²) in [6, 6.07) is 7.85. The Labute approximate surface area is 122 Å². The lowest BCUT2D eigenvalue weighted by Gasteiger charge is -2.16. The summed E-state index contributed by atoms with van der Waals surface area (Å²) in [4.78, 5) is 9.87. The fourth-order valence-corrected chi connectivity index (χ4v) is 3.74. The number of nitrogens with one attached hydrogen (secondary N) is 1. The molecular weight excluding hydrogens is 324 g/mol. The van der Waals surface area contributed by atoms with Gasteiger partial charge in [0, 0.05) is 27.3 Å². The van der Waals surface area contributed by atoms with E-state index >= 15 is 0 Å². The SMILES string of the molecule is NNC(c1sccc1Br)c1cccc2nccnc12. The normalized spacial score (nSPS) is 12.7. The summed E-state index contributed by atoms with van der Waals surface area (Å²) in [5.41, 5.74) is 5.63. The van der Waals surface area contributed by atoms with E-state index in [9.17, 15) is 0 Å². The van der Waals surface area contributed by atoms with Crippen molar-refractivity contribution in [1.29, 1.82) is 0 Å². The van der Waals surface area contributed by atoms with Crippen molar-refractivity contribution in [3.63, 3.8) is 0 Å². The highest BCUT2D eigenvalue weighted by Crippen LogP contribution is 2.34. The Morgan fingerprint density at radius 2 is 2.05 bits per heavy atom. The zero-order valence-corrected chi connectivity index (χ0v) is 12.3. The second kappa shape index (κ2) is 5.34. The fourth-order valence-electron chi connectivity index (χ4n) is 2.07. The molecule has 3 aromatic rings. The van der Waals surface area contributed by atoms with Gasteiger partial charge in [-0.3, -0.25) is 15.8 Å². The van der Waals surface area contributed by atoms with E-state index < -0.39 is 0 Å². The molecule has 3 N–H and O–H groups in total. The van der Waals surface area contributed by atoms with Crippen molar-refractivity contribution < 1.29 is 0 Å². The lowest BCUT2D eigenvalue weighted by Crippen LogP contribution is -2.28. The van der Waals surface area contributed by atoms with E-state index in [-0.39, 0.29) is 6.04 Å². The third-order valence-corrected chi connectivity index (χ3v) is 4.85. The van der Waals surface area contributed by atoms with Crippen LogP contribution < -0.4 is 11.3 Å². The Kier molecular flexibility index (Phi) is 3.56. The first-order valence-electron chi connectivity index (χ1n) is 5.70. The molecule has 0 bridgehead atoms. The van der Waals surface area contributed by atoms with Crippen LogP contribution in [0.1, 0.15) is 16.5 Å². The largest absolute Gasteiger partial charge is 0.271 e. The van der Waals surface area contributed by atoms with E-state index in [1.54, 1.807) is 23.7 Å². The Morgan fingerprint density at radius 1 is 1.21 bits per heavy atom. The summed E-state index contributed by atoms with van der Waals surface area (Å²) >= 11 is 5.20. The number of rotatable bonds is 3. The molecule has 0 aliphatic rings. The number of thiophene rings is 1. The van der Waals surface area contributed by atoms with E-state index in [4.69, 9.17) is 5.84 Å². The van der Waals surface area contributed by atoms with Gasteiger partial charge in [-0.2, -0.15) is 0 Å². The smallest absolute Gasteiger partial charge is 0.0938 e. The molecule has 0 aliphatic heterocycles. The average molecular weight is 335 g/mol. The molecule has 19 heavy (non-hydrogen) atoms. The Hall–Kier alpha value is -1.34. The maximum atomic E-state index is 5.74. The molecule has 3 rings (SSSR count). The highest BCUT2D eigenvalue weighted by atomic mass is 79.9. The molecule has 2 aromatic heterocycles. The molecule has 0 radical (unpaired) electrons. The predicted octanol–water partition coefficient (Wildman–Crippen LogP) is 3.01. The fraction of sp³-hybridized carbons (Fsp3) is 0.0769. The van der Waals surface area contributed by atoms with Crippen molar-refractivity contribution in [2.24, 2.45) is 5.84 Å². The summed E-state index contributed by atoms with van der Waals surface area (Å²) in [7, 11) is 0. The Bertz CT molecular complexity index is 707. The number of hydrogen-bond donors (Lipinski definition) is 2. The minimum absolute atomic E-state index is 0.102. The van der Waals surface area contributed by atoms with E-state index in [2.05, 4.69) is 31.3 Å². The third-order valence-electron chi connectivity index (χ3n) is 2.91. The number of nitrogens with two attached hydrogens (primary N) is 1. The van der Waals surface area contributed by atoms with Gasteiger partial charge in [0.15, 0.2) is 0 Å². The summed E-state index contributed by atoms with van der Waals surface area (Å²) < 4.78 is 1.04.